The molecule has 2 aromatic rings. The van der Waals surface area contributed by atoms with Crippen molar-refractivity contribution in [3.05, 3.63) is 52.5 Å². The molecular formula is C20H22ClF3N2O2. The molecule has 0 saturated carbocycles. The molecule has 0 heterocycles. The highest BCUT2D eigenvalue weighted by molar-refractivity contribution is 6.31. The fourth-order valence-corrected chi connectivity index (χ4v) is 2.57. The van der Waals surface area contributed by atoms with Crippen LogP contribution < -0.4 is 9.47 Å². The van der Waals surface area contributed by atoms with Crippen molar-refractivity contribution >= 4 is 23.5 Å². The second-order valence-electron chi connectivity index (χ2n) is 6.17. The van der Waals surface area contributed by atoms with E-state index in [0.29, 0.717) is 36.8 Å². The van der Waals surface area contributed by atoms with Crippen LogP contribution in [-0.2, 0) is 6.18 Å². The predicted octanol–water partition coefficient (Wildman–Crippen LogP) is 5.45. The summed E-state index contributed by atoms with van der Waals surface area (Å²) in [5, 5.41) is -0.367. The second kappa shape index (κ2) is 9.80. The van der Waals surface area contributed by atoms with Gasteiger partial charge in [-0.25, -0.2) is 0 Å². The summed E-state index contributed by atoms with van der Waals surface area (Å²) in [4.78, 5) is 6.16. The second-order valence-corrected chi connectivity index (χ2v) is 6.58. The lowest BCUT2D eigenvalue weighted by atomic mass is 10.1. The molecule has 0 bridgehead atoms. The number of nitrogens with zero attached hydrogens (tertiary/aromatic N) is 2. The molecule has 0 aliphatic heterocycles. The molecule has 0 fully saturated rings. The van der Waals surface area contributed by atoms with Gasteiger partial charge in [-0.3, -0.25) is 4.99 Å². The van der Waals surface area contributed by atoms with Crippen LogP contribution in [0.4, 0.5) is 18.9 Å². The Labute approximate surface area is 167 Å². The summed E-state index contributed by atoms with van der Waals surface area (Å²) >= 11 is 5.66. The largest absolute Gasteiger partial charge is 0.493 e. The van der Waals surface area contributed by atoms with E-state index in [-0.39, 0.29) is 10.7 Å². The van der Waals surface area contributed by atoms with E-state index in [2.05, 4.69) is 4.99 Å². The Balaban J connectivity index is 2.35. The Morgan fingerprint density at radius 1 is 1.11 bits per heavy atom. The highest BCUT2D eigenvalue weighted by atomic mass is 35.5. The van der Waals surface area contributed by atoms with Gasteiger partial charge in [-0.2, -0.15) is 13.2 Å². The van der Waals surface area contributed by atoms with Gasteiger partial charge < -0.3 is 14.4 Å². The maximum absolute atomic E-state index is 13.0. The van der Waals surface area contributed by atoms with Crippen molar-refractivity contribution in [3.63, 3.8) is 0 Å². The first-order valence-corrected chi connectivity index (χ1v) is 9.04. The maximum Gasteiger partial charge on any atom is 0.417 e. The van der Waals surface area contributed by atoms with Gasteiger partial charge >= 0.3 is 6.18 Å². The molecule has 4 nitrogen and oxygen atoms in total. The number of ether oxygens (including phenoxy) is 2. The van der Waals surface area contributed by atoms with Crippen molar-refractivity contribution in [2.24, 2.45) is 4.99 Å². The minimum atomic E-state index is -4.55. The first-order valence-electron chi connectivity index (χ1n) is 8.66. The fraction of sp³-hybridized carbons (Fsp3) is 0.350. The topological polar surface area (TPSA) is 34.1 Å². The summed E-state index contributed by atoms with van der Waals surface area (Å²) in [5.74, 6) is 1.08. The third kappa shape index (κ3) is 6.14. The predicted molar refractivity (Wildman–Crippen MR) is 105 cm³/mol. The molecule has 0 aromatic heterocycles. The molecule has 28 heavy (non-hydrogen) atoms. The number of hydrogen-bond acceptors (Lipinski definition) is 4. The van der Waals surface area contributed by atoms with E-state index in [1.54, 1.807) is 18.2 Å². The fourth-order valence-electron chi connectivity index (χ4n) is 2.35. The van der Waals surface area contributed by atoms with E-state index >= 15 is 0 Å². The van der Waals surface area contributed by atoms with Gasteiger partial charge in [0.15, 0.2) is 0 Å². The summed E-state index contributed by atoms with van der Waals surface area (Å²) in [5.41, 5.74) is -0.238. The molecule has 0 radical (unpaired) electrons. The Morgan fingerprint density at radius 2 is 1.79 bits per heavy atom. The van der Waals surface area contributed by atoms with Crippen LogP contribution in [0.15, 0.2) is 41.4 Å². The Hall–Kier alpha value is -2.25. The van der Waals surface area contributed by atoms with Crippen molar-refractivity contribution in [1.29, 1.82) is 0 Å². The Bertz CT molecular complexity index is 824. The first kappa shape index (κ1) is 22.0. The van der Waals surface area contributed by atoms with Crippen LogP contribution in [0.2, 0.25) is 5.02 Å². The van der Waals surface area contributed by atoms with Crippen LogP contribution in [0.5, 0.6) is 11.5 Å². The van der Waals surface area contributed by atoms with E-state index in [1.165, 1.54) is 18.3 Å². The first-order chi connectivity index (χ1) is 13.2. The minimum absolute atomic E-state index is 0.127. The van der Waals surface area contributed by atoms with E-state index in [0.717, 1.165) is 6.07 Å². The quantitative estimate of drug-likeness (QED) is 0.539. The molecule has 0 aliphatic carbocycles. The van der Waals surface area contributed by atoms with E-state index < -0.39 is 11.7 Å². The summed E-state index contributed by atoms with van der Waals surface area (Å²) in [6.07, 6.45) is -3.11. The molecule has 2 aromatic carbocycles. The van der Waals surface area contributed by atoms with Crippen LogP contribution in [0.1, 0.15) is 18.1 Å². The van der Waals surface area contributed by atoms with Crippen LogP contribution in [-0.4, -0.2) is 45.0 Å². The summed E-state index contributed by atoms with van der Waals surface area (Å²) in [6, 6.07) is 8.82. The molecule has 0 amide bonds. The lowest BCUT2D eigenvalue weighted by Crippen LogP contribution is -2.19. The Morgan fingerprint density at radius 3 is 2.39 bits per heavy atom. The zero-order valence-corrected chi connectivity index (χ0v) is 16.6. The van der Waals surface area contributed by atoms with Crippen molar-refractivity contribution in [2.45, 2.75) is 13.1 Å². The summed E-state index contributed by atoms with van der Waals surface area (Å²) < 4.78 is 50.5. The monoisotopic (exact) mass is 414 g/mol. The number of likely N-dealkylation sites (N-methyl/N-ethyl adjacent to an activating group) is 1. The molecule has 0 spiro atoms. The highest BCUT2D eigenvalue weighted by Crippen LogP contribution is 2.37. The SMILES string of the molecule is CCOc1cccc(OCCN(C)C)c1/C=N\c1ccc(Cl)c(C(F)(F)F)c1. The molecule has 8 heteroatoms. The van der Waals surface area contributed by atoms with Crippen molar-refractivity contribution < 1.29 is 22.6 Å². The summed E-state index contributed by atoms with van der Waals surface area (Å²) in [6.45, 7) is 3.43. The van der Waals surface area contributed by atoms with E-state index in [9.17, 15) is 13.2 Å². The molecule has 0 N–H and O–H groups in total. The highest BCUT2D eigenvalue weighted by Gasteiger charge is 2.33. The molecule has 152 valence electrons. The molecule has 0 unspecified atom stereocenters. The Kier molecular flexibility index (Phi) is 7.71. The normalized spacial score (nSPS) is 12.0. The van der Waals surface area contributed by atoms with Gasteiger partial charge in [0.1, 0.15) is 18.1 Å². The van der Waals surface area contributed by atoms with Crippen LogP contribution in [0.25, 0.3) is 0 Å². The number of rotatable bonds is 8. The molecule has 0 atom stereocenters. The zero-order valence-electron chi connectivity index (χ0n) is 15.9. The van der Waals surface area contributed by atoms with Gasteiger partial charge in [0, 0.05) is 12.8 Å². The van der Waals surface area contributed by atoms with Gasteiger partial charge in [0.2, 0.25) is 0 Å². The van der Waals surface area contributed by atoms with Crippen LogP contribution in [0.3, 0.4) is 0 Å². The van der Waals surface area contributed by atoms with Crippen LogP contribution in [0, 0.1) is 0 Å². The van der Waals surface area contributed by atoms with Crippen molar-refractivity contribution in [2.75, 3.05) is 33.9 Å². The summed E-state index contributed by atoms with van der Waals surface area (Å²) in [7, 11) is 3.86. The van der Waals surface area contributed by atoms with Gasteiger partial charge in [0.25, 0.3) is 0 Å². The van der Waals surface area contributed by atoms with Crippen molar-refractivity contribution in [1.82, 2.24) is 4.90 Å². The maximum atomic E-state index is 13.0. The molecular weight excluding hydrogens is 393 g/mol. The number of halogens is 4. The van der Waals surface area contributed by atoms with E-state index in [1.807, 2.05) is 25.9 Å². The zero-order chi connectivity index (χ0) is 20.7. The van der Waals surface area contributed by atoms with Gasteiger partial charge in [-0.15, -0.1) is 0 Å². The average Bonchev–Trinajstić information content (AvgIpc) is 2.61. The molecule has 0 saturated heterocycles. The minimum Gasteiger partial charge on any atom is -0.493 e. The average molecular weight is 415 g/mol. The standard InChI is InChI=1S/C20H22ClF3N2O2/c1-4-27-18-6-5-7-19(28-11-10-26(2)3)15(18)13-25-14-8-9-17(21)16(12-14)20(22,23)24/h5-9,12-13H,4,10-11H2,1-3H3/b25-13-. The third-order valence-electron chi connectivity index (χ3n) is 3.72. The number of alkyl halides is 3. The number of aliphatic imine (C=N–C) groups is 1. The smallest absolute Gasteiger partial charge is 0.417 e. The van der Waals surface area contributed by atoms with Gasteiger partial charge in [-0.05, 0) is 51.4 Å². The number of benzene rings is 2. The molecule has 2 rings (SSSR count). The molecule has 0 aliphatic rings. The third-order valence-corrected chi connectivity index (χ3v) is 4.05. The van der Waals surface area contributed by atoms with Crippen molar-refractivity contribution in [3.8, 4) is 11.5 Å². The van der Waals surface area contributed by atoms with E-state index in [4.69, 9.17) is 21.1 Å². The lowest BCUT2D eigenvalue weighted by molar-refractivity contribution is -0.137. The van der Waals surface area contributed by atoms with Crippen LogP contribution >= 0.6 is 11.6 Å². The number of hydrogen-bond donors (Lipinski definition) is 0. The van der Waals surface area contributed by atoms with Gasteiger partial charge in [0.05, 0.1) is 28.4 Å². The lowest BCUT2D eigenvalue weighted by Gasteiger charge is -2.15. The van der Waals surface area contributed by atoms with Gasteiger partial charge in [-0.1, -0.05) is 17.7 Å².